The number of hydrogen-bond acceptors (Lipinski definition) is 3. The summed E-state index contributed by atoms with van der Waals surface area (Å²) < 4.78 is 0. The van der Waals surface area contributed by atoms with E-state index < -0.39 is 0 Å². The van der Waals surface area contributed by atoms with Crippen molar-refractivity contribution in [3.63, 3.8) is 0 Å². The van der Waals surface area contributed by atoms with Gasteiger partial charge in [0.2, 0.25) is 5.91 Å². The van der Waals surface area contributed by atoms with Gasteiger partial charge in [0.05, 0.1) is 0 Å². The van der Waals surface area contributed by atoms with E-state index in [1.54, 1.807) is 0 Å². The van der Waals surface area contributed by atoms with E-state index >= 15 is 0 Å². The molecule has 110 valence electrons. The van der Waals surface area contributed by atoms with Crippen molar-refractivity contribution in [2.75, 3.05) is 39.3 Å². The number of hydrogen-bond donors (Lipinski definition) is 1. The van der Waals surface area contributed by atoms with E-state index in [9.17, 15) is 4.79 Å². The molecular weight excluding hydrogens is 238 g/mol. The lowest BCUT2D eigenvalue weighted by atomic mass is 9.79. The number of carbonyl (C=O) groups excluding carboxylic acids is 1. The maximum atomic E-state index is 12.0. The molecule has 2 rings (SSSR count). The molecule has 4 heteroatoms. The zero-order valence-electron chi connectivity index (χ0n) is 12.9. The van der Waals surface area contributed by atoms with Crippen LogP contribution in [-0.4, -0.2) is 61.0 Å². The highest BCUT2D eigenvalue weighted by Gasteiger charge is 2.37. The lowest BCUT2D eigenvalue weighted by Crippen LogP contribution is -2.60. The molecule has 4 nitrogen and oxygen atoms in total. The standard InChI is InChI=1S/C15H29N3O/c1-12(2)14(19)18-9-7-17(8-10-18)13-5-6-16-11-15(13,3)4/h12-13,16H,5-11H2,1-4H3. The maximum absolute atomic E-state index is 12.0. The summed E-state index contributed by atoms with van der Waals surface area (Å²) in [7, 11) is 0. The van der Waals surface area contributed by atoms with Crippen LogP contribution in [0.4, 0.5) is 0 Å². The minimum absolute atomic E-state index is 0.127. The molecule has 2 aliphatic heterocycles. The fraction of sp³-hybridized carbons (Fsp3) is 0.933. The Balaban J connectivity index is 1.91. The molecule has 0 aliphatic carbocycles. The lowest BCUT2D eigenvalue weighted by molar-refractivity contribution is -0.137. The number of piperazine rings is 1. The van der Waals surface area contributed by atoms with Gasteiger partial charge in [0.25, 0.3) is 0 Å². The van der Waals surface area contributed by atoms with Gasteiger partial charge in [-0.25, -0.2) is 0 Å². The Hall–Kier alpha value is -0.610. The second kappa shape index (κ2) is 5.80. The molecule has 1 N–H and O–H groups in total. The molecule has 0 saturated carbocycles. The molecule has 0 aromatic rings. The molecule has 0 aromatic heterocycles. The maximum Gasteiger partial charge on any atom is 0.225 e. The van der Waals surface area contributed by atoms with Crippen LogP contribution in [0.25, 0.3) is 0 Å². The highest BCUT2D eigenvalue weighted by molar-refractivity contribution is 5.78. The second-order valence-corrected chi connectivity index (χ2v) is 6.99. The van der Waals surface area contributed by atoms with Crippen LogP contribution in [0.1, 0.15) is 34.1 Å². The van der Waals surface area contributed by atoms with Crippen LogP contribution < -0.4 is 5.32 Å². The van der Waals surface area contributed by atoms with Crippen molar-refractivity contribution in [1.82, 2.24) is 15.1 Å². The van der Waals surface area contributed by atoms with E-state index in [4.69, 9.17) is 0 Å². The van der Waals surface area contributed by atoms with E-state index in [-0.39, 0.29) is 5.92 Å². The molecule has 0 spiro atoms. The SMILES string of the molecule is CC(C)C(=O)N1CCN(C2CCNCC2(C)C)CC1. The summed E-state index contributed by atoms with van der Waals surface area (Å²) in [4.78, 5) is 16.6. The summed E-state index contributed by atoms with van der Waals surface area (Å²) >= 11 is 0. The van der Waals surface area contributed by atoms with Crippen LogP contribution in [0.3, 0.4) is 0 Å². The average molecular weight is 267 g/mol. The molecule has 0 bridgehead atoms. The fourth-order valence-electron chi connectivity index (χ4n) is 3.45. The molecule has 0 radical (unpaired) electrons. The topological polar surface area (TPSA) is 35.6 Å². The summed E-state index contributed by atoms with van der Waals surface area (Å²) in [6, 6.07) is 0.657. The Morgan fingerprint density at radius 1 is 1.21 bits per heavy atom. The quantitative estimate of drug-likeness (QED) is 0.816. The summed E-state index contributed by atoms with van der Waals surface area (Å²) in [5.41, 5.74) is 0.336. The minimum atomic E-state index is 0.127. The predicted molar refractivity (Wildman–Crippen MR) is 78.0 cm³/mol. The Morgan fingerprint density at radius 2 is 1.84 bits per heavy atom. The third-order valence-electron chi connectivity index (χ3n) is 4.64. The third kappa shape index (κ3) is 3.29. The number of amides is 1. The number of nitrogens with zero attached hydrogens (tertiary/aromatic N) is 2. The first-order valence-electron chi connectivity index (χ1n) is 7.65. The van der Waals surface area contributed by atoms with Crippen molar-refractivity contribution in [2.45, 2.75) is 40.2 Å². The minimum Gasteiger partial charge on any atom is -0.340 e. The van der Waals surface area contributed by atoms with Crippen LogP contribution in [0.2, 0.25) is 0 Å². The van der Waals surface area contributed by atoms with Crippen LogP contribution in [0.15, 0.2) is 0 Å². The van der Waals surface area contributed by atoms with Gasteiger partial charge in [-0.1, -0.05) is 27.7 Å². The zero-order valence-corrected chi connectivity index (χ0v) is 12.9. The molecule has 19 heavy (non-hydrogen) atoms. The van der Waals surface area contributed by atoms with Gasteiger partial charge < -0.3 is 10.2 Å². The first-order chi connectivity index (χ1) is 8.92. The van der Waals surface area contributed by atoms with Gasteiger partial charge >= 0.3 is 0 Å². The lowest BCUT2D eigenvalue weighted by Gasteiger charge is -2.48. The van der Waals surface area contributed by atoms with Crippen molar-refractivity contribution < 1.29 is 4.79 Å². The number of piperidine rings is 1. The molecule has 1 atom stereocenters. The second-order valence-electron chi connectivity index (χ2n) is 6.99. The highest BCUT2D eigenvalue weighted by Crippen LogP contribution is 2.30. The largest absolute Gasteiger partial charge is 0.340 e. The van der Waals surface area contributed by atoms with Gasteiger partial charge in [0.1, 0.15) is 0 Å². The van der Waals surface area contributed by atoms with Gasteiger partial charge in [0, 0.05) is 44.7 Å². The number of carbonyl (C=O) groups is 1. The van der Waals surface area contributed by atoms with Crippen LogP contribution in [0.5, 0.6) is 0 Å². The molecule has 2 heterocycles. The number of rotatable bonds is 2. The monoisotopic (exact) mass is 267 g/mol. The van der Waals surface area contributed by atoms with Crippen molar-refractivity contribution in [1.29, 1.82) is 0 Å². The van der Waals surface area contributed by atoms with E-state index in [1.165, 1.54) is 6.42 Å². The van der Waals surface area contributed by atoms with Crippen LogP contribution >= 0.6 is 0 Å². The predicted octanol–water partition coefficient (Wildman–Crippen LogP) is 1.17. The van der Waals surface area contributed by atoms with Crippen molar-refractivity contribution in [3.05, 3.63) is 0 Å². The average Bonchev–Trinajstić information content (AvgIpc) is 2.37. The van der Waals surface area contributed by atoms with Gasteiger partial charge in [0.15, 0.2) is 0 Å². The Bertz CT molecular complexity index is 319. The van der Waals surface area contributed by atoms with Gasteiger partial charge in [-0.05, 0) is 18.4 Å². The van der Waals surface area contributed by atoms with E-state index in [1.807, 2.05) is 18.7 Å². The van der Waals surface area contributed by atoms with Crippen molar-refractivity contribution >= 4 is 5.91 Å². The van der Waals surface area contributed by atoms with Gasteiger partial charge in [-0.2, -0.15) is 0 Å². The van der Waals surface area contributed by atoms with Crippen molar-refractivity contribution in [3.8, 4) is 0 Å². The number of nitrogens with one attached hydrogen (secondary N) is 1. The smallest absolute Gasteiger partial charge is 0.225 e. The summed E-state index contributed by atoms with van der Waals surface area (Å²) in [5, 5.41) is 3.49. The summed E-state index contributed by atoms with van der Waals surface area (Å²) in [6.07, 6.45) is 1.23. The van der Waals surface area contributed by atoms with Gasteiger partial charge in [-0.15, -0.1) is 0 Å². The fourth-order valence-corrected chi connectivity index (χ4v) is 3.45. The molecule has 1 amide bonds. The highest BCUT2D eigenvalue weighted by atomic mass is 16.2. The molecular formula is C15H29N3O. The normalized spacial score (nSPS) is 28.7. The Morgan fingerprint density at radius 3 is 2.37 bits per heavy atom. The summed E-state index contributed by atoms with van der Waals surface area (Å²) in [5.74, 6) is 0.436. The third-order valence-corrected chi connectivity index (χ3v) is 4.64. The van der Waals surface area contributed by atoms with Crippen LogP contribution in [-0.2, 0) is 4.79 Å². The van der Waals surface area contributed by atoms with Crippen molar-refractivity contribution in [2.24, 2.45) is 11.3 Å². The summed E-state index contributed by atoms with van der Waals surface area (Å²) in [6.45, 7) is 14.8. The van der Waals surface area contributed by atoms with E-state index in [0.717, 1.165) is 39.3 Å². The molecule has 1 unspecified atom stereocenters. The molecule has 2 saturated heterocycles. The first kappa shape index (κ1) is 14.8. The van der Waals surface area contributed by atoms with Crippen LogP contribution in [0, 0.1) is 11.3 Å². The van der Waals surface area contributed by atoms with Gasteiger partial charge in [-0.3, -0.25) is 9.69 Å². The molecule has 0 aromatic carbocycles. The molecule has 2 fully saturated rings. The molecule has 2 aliphatic rings. The first-order valence-corrected chi connectivity index (χ1v) is 7.65. The van der Waals surface area contributed by atoms with E-state index in [2.05, 4.69) is 24.1 Å². The Kier molecular flexibility index (Phi) is 4.51. The van der Waals surface area contributed by atoms with E-state index in [0.29, 0.717) is 17.4 Å². The zero-order chi connectivity index (χ0) is 14.0. The Labute approximate surface area is 117 Å².